The SMILES string of the molecule is CCOC(=O)c1cccc(NC(=O)c2cnc3cc(C)ccn3c2=O)c1. The number of amides is 1. The predicted molar refractivity (Wildman–Crippen MR) is 96.6 cm³/mol. The molecule has 0 bridgehead atoms. The van der Waals surface area contributed by atoms with Gasteiger partial charge in [-0.15, -0.1) is 0 Å². The van der Waals surface area contributed by atoms with Gasteiger partial charge in [0, 0.05) is 18.1 Å². The molecule has 2 heterocycles. The van der Waals surface area contributed by atoms with Gasteiger partial charge in [-0.3, -0.25) is 14.0 Å². The maximum absolute atomic E-state index is 12.5. The van der Waals surface area contributed by atoms with E-state index in [1.54, 1.807) is 43.5 Å². The monoisotopic (exact) mass is 351 g/mol. The first-order valence-corrected chi connectivity index (χ1v) is 8.06. The topological polar surface area (TPSA) is 89.8 Å². The van der Waals surface area contributed by atoms with Gasteiger partial charge in [0.05, 0.1) is 12.2 Å². The molecule has 7 heteroatoms. The van der Waals surface area contributed by atoms with Crippen LogP contribution in [0.1, 0.15) is 33.2 Å². The normalized spacial score (nSPS) is 10.5. The van der Waals surface area contributed by atoms with Crippen molar-refractivity contribution in [1.82, 2.24) is 9.38 Å². The highest BCUT2D eigenvalue weighted by Crippen LogP contribution is 2.13. The van der Waals surface area contributed by atoms with Gasteiger partial charge in [-0.2, -0.15) is 0 Å². The second-order valence-corrected chi connectivity index (χ2v) is 5.66. The summed E-state index contributed by atoms with van der Waals surface area (Å²) in [5, 5.41) is 2.61. The highest BCUT2D eigenvalue weighted by Gasteiger charge is 2.15. The zero-order valence-corrected chi connectivity index (χ0v) is 14.4. The highest BCUT2D eigenvalue weighted by molar-refractivity contribution is 6.04. The van der Waals surface area contributed by atoms with Crippen LogP contribution in [0.3, 0.4) is 0 Å². The fourth-order valence-electron chi connectivity index (χ4n) is 2.47. The molecule has 0 unspecified atom stereocenters. The lowest BCUT2D eigenvalue weighted by molar-refractivity contribution is 0.0526. The number of ether oxygens (including phenoxy) is 1. The van der Waals surface area contributed by atoms with Crippen LogP contribution < -0.4 is 10.9 Å². The van der Waals surface area contributed by atoms with Crippen molar-refractivity contribution in [1.29, 1.82) is 0 Å². The summed E-state index contributed by atoms with van der Waals surface area (Å²) in [5.41, 5.74) is 1.57. The van der Waals surface area contributed by atoms with Crippen molar-refractivity contribution in [2.75, 3.05) is 11.9 Å². The molecule has 7 nitrogen and oxygen atoms in total. The molecule has 1 N–H and O–H groups in total. The highest BCUT2D eigenvalue weighted by atomic mass is 16.5. The molecule has 2 aromatic heterocycles. The Bertz CT molecular complexity index is 1060. The van der Waals surface area contributed by atoms with E-state index in [-0.39, 0.29) is 12.2 Å². The number of aryl methyl sites for hydroxylation is 1. The van der Waals surface area contributed by atoms with Crippen molar-refractivity contribution in [3.8, 4) is 0 Å². The fraction of sp³-hybridized carbons (Fsp3) is 0.158. The minimum atomic E-state index is -0.599. The first-order valence-electron chi connectivity index (χ1n) is 8.06. The number of carbonyl (C=O) groups is 2. The summed E-state index contributed by atoms with van der Waals surface area (Å²) in [5.74, 6) is -1.08. The number of benzene rings is 1. The third-order valence-electron chi connectivity index (χ3n) is 3.74. The Labute approximate surface area is 149 Å². The molecule has 0 aliphatic carbocycles. The Morgan fingerprint density at radius 1 is 1.23 bits per heavy atom. The van der Waals surface area contributed by atoms with E-state index in [1.165, 1.54) is 16.7 Å². The molecule has 0 saturated carbocycles. The lowest BCUT2D eigenvalue weighted by atomic mass is 10.2. The molecule has 0 radical (unpaired) electrons. The third-order valence-corrected chi connectivity index (χ3v) is 3.74. The fourth-order valence-corrected chi connectivity index (χ4v) is 2.47. The summed E-state index contributed by atoms with van der Waals surface area (Å²) in [6.07, 6.45) is 2.83. The quantitative estimate of drug-likeness (QED) is 0.729. The molecule has 0 fully saturated rings. The predicted octanol–water partition coefficient (Wildman–Crippen LogP) is 2.43. The van der Waals surface area contributed by atoms with Crippen LogP contribution in [-0.2, 0) is 4.74 Å². The molecule has 0 aliphatic heterocycles. The van der Waals surface area contributed by atoms with E-state index in [0.29, 0.717) is 16.9 Å². The Morgan fingerprint density at radius 2 is 2.04 bits per heavy atom. The summed E-state index contributed by atoms with van der Waals surface area (Å²) in [4.78, 5) is 40.9. The number of fused-ring (bicyclic) bond motifs is 1. The number of nitrogens with zero attached hydrogens (tertiary/aromatic N) is 2. The summed E-state index contributed by atoms with van der Waals surface area (Å²) < 4.78 is 6.25. The molecule has 26 heavy (non-hydrogen) atoms. The van der Waals surface area contributed by atoms with E-state index in [4.69, 9.17) is 4.74 Å². The van der Waals surface area contributed by atoms with E-state index < -0.39 is 17.4 Å². The van der Waals surface area contributed by atoms with Crippen molar-refractivity contribution >= 4 is 23.2 Å². The molecule has 0 aliphatic rings. The van der Waals surface area contributed by atoms with Crippen LogP contribution >= 0.6 is 0 Å². The molecular formula is C19H17N3O4. The van der Waals surface area contributed by atoms with Gasteiger partial charge in [0.2, 0.25) is 0 Å². The van der Waals surface area contributed by atoms with E-state index in [2.05, 4.69) is 10.3 Å². The molecule has 1 amide bonds. The number of rotatable bonds is 4. The van der Waals surface area contributed by atoms with Crippen molar-refractivity contribution in [3.63, 3.8) is 0 Å². The smallest absolute Gasteiger partial charge is 0.338 e. The van der Waals surface area contributed by atoms with Gasteiger partial charge in [-0.05, 0) is 49.7 Å². The second kappa shape index (κ2) is 7.18. The molecule has 3 rings (SSSR count). The summed E-state index contributed by atoms with van der Waals surface area (Å²) in [7, 11) is 0. The van der Waals surface area contributed by atoms with Gasteiger partial charge in [0.1, 0.15) is 11.2 Å². The molecule has 0 spiro atoms. The number of anilines is 1. The number of carbonyl (C=O) groups excluding carboxylic acids is 2. The zero-order valence-electron chi connectivity index (χ0n) is 14.4. The lowest BCUT2D eigenvalue weighted by Gasteiger charge is -2.08. The Balaban J connectivity index is 1.89. The van der Waals surface area contributed by atoms with Gasteiger partial charge in [0.25, 0.3) is 11.5 Å². The average Bonchev–Trinajstić information content (AvgIpc) is 2.62. The van der Waals surface area contributed by atoms with Crippen LogP contribution in [0.5, 0.6) is 0 Å². The molecule has 3 aromatic rings. The Hall–Kier alpha value is -3.48. The average molecular weight is 351 g/mol. The van der Waals surface area contributed by atoms with Crippen molar-refractivity contribution in [2.45, 2.75) is 13.8 Å². The molecular weight excluding hydrogens is 334 g/mol. The minimum Gasteiger partial charge on any atom is -0.462 e. The number of nitrogens with one attached hydrogen (secondary N) is 1. The first-order chi connectivity index (χ1) is 12.5. The van der Waals surface area contributed by atoms with E-state index in [1.807, 2.05) is 6.92 Å². The van der Waals surface area contributed by atoms with Crippen molar-refractivity contribution < 1.29 is 14.3 Å². The van der Waals surface area contributed by atoms with Crippen LogP contribution in [0.25, 0.3) is 5.65 Å². The Morgan fingerprint density at radius 3 is 2.81 bits per heavy atom. The molecule has 0 saturated heterocycles. The largest absolute Gasteiger partial charge is 0.462 e. The maximum Gasteiger partial charge on any atom is 0.338 e. The Kier molecular flexibility index (Phi) is 4.79. The second-order valence-electron chi connectivity index (χ2n) is 5.66. The van der Waals surface area contributed by atoms with Crippen molar-refractivity contribution in [3.05, 3.63) is 75.8 Å². The number of hydrogen-bond donors (Lipinski definition) is 1. The third kappa shape index (κ3) is 3.46. The van der Waals surface area contributed by atoms with E-state index in [0.717, 1.165) is 5.56 Å². The number of hydrogen-bond acceptors (Lipinski definition) is 5. The molecule has 0 atom stereocenters. The maximum atomic E-state index is 12.5. The van der Waals surface area contributed by atoms with Crippen LogP contribution in [-0.4, -0.2) is 27.9 Å². The van der Waals surface area contributed by atoms with E-state index in [9.17, 15) is 14.4 Å². The van der Waals surface area contributed by atoms with Crippen LogP contribution in [0.15, 0.2) is 53.6 Å². The van der Waals surface area contributed by atoms with E-state index >= 15 is 0 Å². The zero-order chi connectivity index (χ0) is 18.7. The van der Waals surface area contributed by atoms with Crippen molar-refractivity contribution in [2.24, 2.45) is 0 Å². The minimum absolute atomic E-state index is 0.0899. The van der Waals surface area contributed by atoms with Crippen LogP contribution in [0.2, 0.25) is 0 Å². The van der Waals surface area contributed by atoms with Gasteiger partial charge in [-0.1, -0.05) is 6.07 Å². The molecule has 1 aromatic carbocycles. The number of pyridine rings is 1. The van der Waals surface area contributed by atoms with Gasteiger partial charge in [0.15, 0.2) is 0 Å². The van der Waals surface area contributed by atoms with Gasteiger partial charge < -0.3 is 10.1 Å². The van der Waals surface area contributed by atoms with Crippen LogP contribution in [0, 0.1) is 6.92 Å². The van der Waals surface area contributed by atoms with Crippen LogP contribution in [0.4, 0.5) is 5.69 Å². The summed E-state index contributed by atoms with van der Waals surface area (Å²) in [6, 6.07) is 9.84. The summed E-state index contributed by atoms with van der Waals surface area (Å²) >= 11 is 0. The number of esters is 1. The number of aromatic nitrogens is 2. The standard InChI is InChI=1S/C19H17N3O4/c1-3-26-19(25)13-5-4-6-14(10-13)21-17(23)15-11-20-16-9-12(2)7-8-22(16)18(15)24/h4-11H,3H2,1-2H3,(H,21,23). The van der Waals surface area contributed by atoms with Gasteiger partial charge >= 0.3 is 5.97 Å². The first kappa shape index (κ1) is 17.3. The van der Waals surface area contributed by atoms with Gasteiger partial charge in [-0.25, -0.2) is 9.78 Å². The lowest BCUT2D eigenvalue weighted by Crippen LogP contribution is -2.26. The summed E-state index contributed by atoms with van der Waals surface area (Å²) in [6.45, 7) is 3.86. The molecule has 132 valence electrons.